The first-order valence-electron chi connectivity index (χ1n) is 10.0. The molecule has 0 radical (unpaired) electrons. The second kappa shape index (κ2) is 9.58. The second-order valence-electron chi connectivity index (χ2n) is 7.72. The Bertz CT molecular complexity index is 1280. The molecular formula is C21H23F2N7O2S. The SMILES string of the molecule is Cc1cc(C#N)cnc1C(=O)Nc1ccc(F)c(C[S@@]2(=O)=NCCC[C@@]2(C)C(N)=NCF)n1. The monoisotopic (exact) mass is 475 g/mol. The van der Waals surface area contributed by atoms with Gasteiger partial charge in [-0.05, 0) is 50.5 Å². The molecule has 9 nitrogen and oxygen atoms in total. The van der Waals surface area contributed by atoms with Crippen molar-refractivity contribution in [3.8, 4) is 6.07 Å². The largest absolute Gasteiger partial charge is 0.386 e. The van der Waals surface area contributed by atoms with Crippen LogP contribution in [0.4, 0.5) is 14.6 Å². The Morgan fingerprint density at radius 1 is 1.45 bits per heavy atom. The van der Waals surface area contributed by atoms with Gasteiger partial charge in [0.25, 0.3) is 5.91 Å². The smallest absolute Gasteiger partial charge is 0.275 e. The number of nitrogens with two attached hydrogens (primary N) is 1. The second-order valence-corrected chi connectivity index (χ2v) is 10.4. The van der Waals surface area contributed by atoms with Gasteiger partial charge in [0.15, 0.2) is 6.80 Å². The molecule has 0 aromatic carbocycles. The van der Waals surface area contributed by atoms with E-state index in [0.717, 1.165) is 6.07 Å². The lowest BCUT2D eigenvalue weighted by atomic mass is 10.0. The summed E-state index contributed by atoms with van der Waals surface area (Å²) in [6.45, 7) is 2.44. The molecule has 0 unspecified atom stereocenters. The number of carbonyl (C=O) groups excluding carboxylic acids is 1. The number of carbonyl (C=O) groups is 1. The molecule has 2 aromatic heterocycles. The van der Waals surface area contributed by atoms with E-state index >= 15 is 0 Å². The standard InChI is InChI=1S/C21H23F2N7O2S/c1-13-8-14(9-24)10-26-18(13)19(31)30-17-5-4-15(23)16(29-17)11-33(32)21(2,6-3-7-28-33)20(25)27-12-22/h4-5,8,10H,3,6-7,11-12H2,1-2H3,(H2,25,27)(H,29,30,31)/t21-,33-/m0/s1. The molecule has 3 heterocycles. The van der Waals surface area contributed by atoms with Gasteiger partial charge in [0.2, 0.25) is 0 Å². The van der Waals surface area contributed by atoms with Crippen molar-refractivity contribution in [2.45, 2.75) is 37.2 Å². The van der Waals surface area contributed by atoms with Crippen LogP contribution in [0.1, 0.15) is 47.1 Å². The van der Waals surface area contributed by atoms with Crippen LogP contribution in [0.2, 0.25) is 0 Å². The highest BCUT2D eigenvalue weighted by molar-refractivity contribution is 7.95. The first-order chi connectivity index (χ1) is 15.6. The molecule has 33 heavy (non-hydrogen) atoms. The van der Waals surface area contributed by atoms with Crippen LogP contribution < -0.4 is 11.1 Å². The number of halogens is 2. The Kier molecular flexibility index (Phi) is 7.02. The number of nitrogens with one attached hydrogen (secondary N) is 1. The van der Waals surface area contributed by atoms with Gasteiger partial charge in [0.1, 0.15) is 34.0 Å². The molecule has 0 spiro atoms. The molecule has 0 fully saturated rings. The number of pyridine rings is 2. The summed E-state index contributed by atoms with van der Waals surface area (Å²) in [6, 6.07) is 5.82. The van der Waals surface area contributed by atoms with Crippen LogP contribution in [-0.2, 0) is 15.5 Å². The predicted molar refractivity (Wildman–Crippen MR) is 120 cm³/mol. The molecular weight excluding hydrogens is 452 g/mol. The molecule has 12 heteroatoms. The lowest BCUT2D eigenvalue weighted by Crippen LogP contribution is -2.50. The van der Waals surface area contributed by atoms with E-state index in [1.54, 1.807) is 13.8 Å². The van der Waals surface area contributed by atoms with Crippen LogP contribution in [-0.4, -0.2) is 44.0 Å². The van der Waals surface area contributed by atoms with Crippen LogP contribution in [0.5, 0.6) is 0 Å². The Hall–Kier alpha value is -3.46. The number of anilines is 1. The van der Waals surface area contributed by atoms with Crippen LogP contribution in [0.25, 0.3) is 0 Å². The highest BCUT2D eigenvalue weighted by Gasteiger charge is 2.43. The fourth-order valence-corrected chi connectivity index (χ4v) is 6.09. The molecule has 1 aliphatic heterocycles. The summed E-state index contributed by atoms with van der Waals surface area (Å²) >= 11 is 0. The Morgan fingerprint density at radius 2 is 2.21 bits per heavy atom. The summed E-state index contributed by atoms with van der Waals surface area (Å²) < 4.78 is 44.1. The number of aryl methyl sites for hydroxylation is 1. The van der Waals surface area contributed by atoms with Crippen molar-refractivity contribution < 1.29 is 17.8 Å². The van der Waals surface area contributed by atoms with Crippen molar-refractivity contribution in [2.24, 2.45) is 15.1 Å². The van der Waals surface area contributed by atoms with Gasteiger partial charge in [-0.2, -0.15) is 5.26 Å². The van der Waals surface area contributed by atoms with Crippen LogP contribution in [0, 0.1) is 24.1 Å². The van der Waals surface area contributed by atoms with Gasteiger partial charge in [-0.3, -0.25) is 4.79 Å². The fourth-order valence-electron chi connectivity index (χ4n) is 3.55. The highest BCUT2D eigenvalue weighted by atomic mass is 32.2. The maximum atomic E-state index is 14.6. The van der Waals surface area contributed by atoms with E-state index in [-0.39, 0.29) is 28.8 Å². The molecule has 0 saturated carbocycles. The van der Waals surface area contributed by atoms with E-state index in [1.807, 2.05) is 6.07 Å². The predicted octanol–water partition coefficient (Wildman–Crippen LogP) is 2.85. The average Bonchev–Trinajstić information content (AvgIpc) is 2.78. The summed E-state index contributed by atoms with van der Waals surface area (Å²) in [6.07, 6.45) is 2.20. The number of hydrogen-bond donors (Lipinski definition) is 2. The van der Waals surface area contributed by atoms with Gasteiger partial charge in [-0.15, -0.1) is 0 Å². The van der Waals surface area contributed by atoms with Crippen molar-refractivity contribution in [1.29, 1.82) is 5.26 Å². The van der Waals surface area contributed by atoms with Crippen molar-refractivity contribution in [3.05, 3.63) is 52.7 Å². The number of rotatable bonds is 6. The van der Waals surface area contributed by atoms with Gasteiger partial charge in [0, 0.05) is 12.7 Å². The van der Waals surface area contributed by atoms with Gasteiger partial charge in [-0.1, -0.05) is 0 Å². The van der Waals surface area contributed by atoms with Gasteiger partial charge in [-0.25, -0.2) is 32.3 Å². The summed E-state index contributed by atoms with van der Waals surface area (Å²) in [5.41, 5.74) is 6.63. The number of alkyl halides is 1. The quantitative estimate of drug-likeness (QED) is 0.373. The summed E-state index contributed by atoms with van der Waals surface area (Å²) in [5.74, 6) is -1.82. The van der Waals surface area contributed by atoms with Crippen molar-refractivity contribution in [2.75, 3.05) is 18.7 Å². The highest BCUT2D eigenvalue weighted by Crippen LogP contribution is 2.33. The lowest BCUT2D eigenvalue weighted by Gasteiger charge is -2.35. The number of nitrogens with zero attached hydrogens (tertiary/aromatic N) is 5. The molecule has 0 bridgehead atoms. The van der Waals surface area contributed by atoms with Crippen molar-refractivity contribution in [1.82, 2.24) is 9.97 Å². The topological polar surface area (TPSA) is 146 Å². The zero-order chi connectivity index (χ0) is 24.2. The zero-order valence-corrected chi connectivity index (χ0v) is 19.0. The van der Waals surface area contributed by atoms with E-state index in [9.17, 15) is 17.8 Å². The number of amidine groups is 1. The van der Waals surface area contributed by atoms with Gasteiger partial charge < -0.3 is 11.1 Å². The third-order valence-corrected chi connectivity index (χ3v) is 8.59. The Labute approximate surface area is 190 Å². The number of aromatic nitrogens is 2. The number of nitriles is 1. The summed E-state index contributed by atoms with van der Waals surface area (Å²) in [5, 5.41) is 11.5. The molecule has 2 aromatic rings. The fraction of sp³-hybridized carbons (Fsp3) is 0.381. The molecule has 2 atom stereocenters. The molecule has 0 aliphatic carbocycles. The summed E-state index contributed by atoms with van der Waals surface area (Å²) in [4.78, 5) is 24.3. The van der Waals surface area contributed by atoms with E-state index in [1.165, 1.54) is 18.3 Å². The summed E-state index contributed by atoms with van der Waals surface area (Å²) in [7, 11) is -3.19. The molecule has 174 valence electrons. The number of hydrogen-bond acceptors (Lipinski definition) is 7. The minimum Gasteiger partial charge on any atom is -0.386 e. The van der Waals surface area contributed by atoms with E-state index in [0.29, 0.717) is 30.5 Å². The molecule has 3 N–H and O–H groups in total. The third-order valence-electron chi connectivity index (χ3n) is 5.50. The zero-order valence-electron chi connectivity index (χ0n) is 18.1. The Balaban J connectivity index is 1.91. The first kappa shape index (κ1) is 24.2. The average molecular weight is 476 g/mol. The van der Waals surface area contributed by atoms with E-state index < -0.39 is 33.0 Å². The van der Waals surface area contributed by atoms with Crippen LogP contribution in [0.15, 0.2) is 33.8 Å². The Morgan fingerprint density at radius 3 is 2.88 bits per heavy atom. The van der Waals surface area contributed by atoms with Gasteiger partial charge >= 0.3 is 0 Å². The van der Waals surface area contributed by atoms with Crippen LogP contribution in [0.3, 0.4) is 0 Å². The van der Waals surface area contributed by atoms with Gasteiger partial charge in [0.05, 0.1) is 26.7 Å². The first-order valence-corrected chi connectivity index (χ1v) is 11.7. The number of amides is 1. The normalized spacial score (nSPS) is 22.8. The minimum atomic E-state index is -3.19. The van der Waals surface area contributed by atoms with E-state index in [2.05, 4.69) is 24.6 Å². The maximum absolute atomic E-state index is 14.6. The van der Waals surface area contributed by atoms with Crippen molar-refractivity contribution in [3.63, 3.8) is 0 Å². The molecule has 1 aliphatic rings. The number of aliphatic imine (C=N–C) groups is 1. The van der Waals surface area contributed by atoms with Crippen LogP contribution >= 0.6 is 0 Å². The van der Waals surface area contributed by atoms with E-state index in [4.69, 9.17) is 11.0 Å². The lowest BCUT2D eigenvalue weighted by molar-refractivity contribution is 0.102. The molecule has 0 saturated heterocycles. The molecule has 1 amide bonds. The third kappa shape index (κ3) is 4.83. The molecule has 3 rings (SSSR count). The maximum Gasteiger partial charge on any atom is 0.275 e. The minimum absolute atomic E-state index is 0.0212. The van der Waals surface area contributed by atoms with Crippen molar-refractivity contribution >= 4 is 27.3 Å².